The molecule has 1 heterocycles. The third-order valence-electron chi connectivity index (χ3n) is 3.97. The maximum Gasteiger partial charge on any atom is 0.396 e. The molecular weight excluding hydrogens is 293 g/mol. The maximum absolute atomic E-state index is 13.2. The van der Waals surface area contributed by atoms with Gasteiger partial charge in [-0.25, -0.2) is 0 Å². The van der Waals surface area contributed by atoms with Gasteiger partial charge in [0.05, 0.1) is 5.92 Å². The van der Waals surface area contributed by atoms with Gasteiger partial charge in [0.2, 0.25) is 5.91 Å². The van der Waals surface area contributed by atoms with Crippen molar-refractivity contribution in [1.29, 1.82) is 0 Å². The average Bonchev–Trinajstić information content (AvgIpc) is 2.51. The van der Waals surface area contributed by atoms with E-state index in [-0.39, 0.29) is 5.56 Å². The molecule has 0 saturated carbocycles. The predicted octanol–water partition coefficient (Wildman–Crippen LogP) is 2.84. The molecule has 2 unspecified atom stereocenters. The Balaban J connectivity index is 1.91. The van der Waals surface area contributed by atoms with Crippen LogP contribution < -0.4 is 10.6 Å². The summed E-state index contributed by atoms with van der Waals surface area (Å²) in [5.41, 5.74) is 0.129. The van der Waals surface area contributed by atoms with Crippen molar-refractivity contribution in [2.45, 2.75) is 31.4 Å². The maximum atomic E-state index is 13.2. The first-order valence-corrected chi connectivity index (χ1v) is 7.56. The first-order valence-electron chi connectivity index (χ1n) is 7.56. The number of hydrogen-bond donors (Lipinski definition) is 2. The highest BCUT2D eigenvalue weighted by Gasteiger charge is 2.41. The lowest BCUT2D eigenvalue weighted by molar-refractivity contribution is -0.157. The number of halogens is 3. The molecule has 2 atom stereocenters. The first kappa shape index (κ1) is 16.8. The minimum Gasteiger partial charge on any atom is -0.356 e. The van der Waals surface area contributed by atoms with Gasteiger partial charge in [0.25, 0.3) is 0 Å². The summed E-state index contributed by atoms with van der Waals surface area (Å²) in [4.78, 5) is 11.9. The molecule has 0 aliphatic carbocycles. The molecule has 0 spiro atoms. The van der Waals surface area contributed by atoms with Crippen LogP contribution >= 0.6 is 0 Å². The number of carbonyl (C=O) groups excluding carboxylic acids is 1. The van der Waals surface area contributed by atoms with Crippen LogP contribution in [0.2, 0.25) is 0 Å². The van der Waals surface area contributed by atoms with Gasteiger partial charge in [0.1, 0.15) is 0 Å². The van der Waals surface area contributed by atoms with Crippen molar-refractivity contribution in [3.8, 4) is 0 Å². The summed E-state index contributed by atoms with van der Waals surface area (Å²) in [7, 11) is 0. The normalized spacial score (nSPS) is 20.4. The number of rotatable bonds is 5. The molecule has 3 nitrogen and oxygen atoms in total. The van der Waals surface area contributed by atoms with Gasteiger partial charge in [-0.05, 0) is 37.4 Å². The highest BCUT2D eigenvalue weighted by atomic mass is 19.4. The zero-order chi connectivity index (χ0) is 16.0. The molecule has 122 valence electrons. The van der Waals surface area contributed by atoms with E-state index in [0.717, 1.165) is 25.9 Å². The SMILES string of the molecule is O=C(CC(c1ccccc1)C(F)(F)F)NCC1CCCNC1. The number of nitrogens with one attached hydrogen (secondary N) is 2. The number of hydrogen-bond acceptors (Lipinski definition) is 2. The molecule has 0 radical (unpaired) electrons. The zero-order valence-corrected chi connectivity index (χ0v) is 12.3. The molecular formula is C16H21F3N2O. The summed E-state index contributed by atoms with van der Waals surface area (Å²) < 4.78 is 39.5. The Morgan fingerprint density at radius 2 is 2.05 bits per heavy atom. The largest absolute Gasteiger partial charge is 0.396 e. The number of piperidine rings is 1. The van der Waals surface area contributed by atoms with Gasteiger partial charge in [-0.1, -0.05) is 30.3 Å². The molecule has 1 saturated heterocycles. The molecule has 0 bridgehead atoms. The van der Waals surface area contributed by atoms with Crippen LogP contribution in [0, 0.1) is 5.92 Å². The lowest BCUT2D eigenvalue weighted by atomic mass is 9.94. The van der Waals surface area contributed by atoms with Gasteiger partial charge >= 0.3 is 6.18 Å². The Morgan fingerprint density at radius 3 is 2.64 bits per heavy atom. The van der Waals surface area contributed by atoms with E-state index in [1.807, 2.05) is 0 Å². The summed E-state index contributed by atoms with van der Waals surface area (Å²) in [5.74, 6) is -1.99. The van der Waals surface area contributed by atoms with Crippen molar-refractivity contribution in [2.75, 3.05) is 19.6 Å². The monoisotopic (exact) mass is 314 g/mol. The first-order chi connectivity index (χ1) is 10.5. The topological polar surface area (TPSA) is 41.1 Å². The van der Waals surface area contributed by atoms with E-state index in [2.05, 4.69) is 10.6 Å². The van der Waals surface area contributed by atoms with Gasteiger partial charge < -0.3 is 10.6 Å². The van der Waals surface area contributed by atoms with Crippen LogP contribution in [-0.4, -0.2) is 31.7 Å². The third-order valence-corrected chi connectivity index (χ3v) is 3.97. The van der Waals surface area contributed by atoms with E-state index in [0.29, 0.717) is 12.5 Å². The molecule has 22 heavy (non-hydrogen) atoms. The minimum atomic E-state index is -4.43. The molecule has 1 aliphatic rings. The van der Waals surface area contributed by atoms with E-state index in [4.69, 9.17) is 0 Å². The predicted molar refractivity (Wildman–Crippen MR) is 78.5 cm³/mol. The van der Waals surface area contributed by atoms with Gasteiger partial charge in [-0.2, -0.15) is 13.2 Å². The lowest BCUT2D eigenvalue weighted by Gasteiger charge is -2.24. The second kappa shape index (κ2) is 7.63. The quantitative estimate of drug-likeness (QED) is 0.877. The molecule has 6 heteroatoms. The number of carbonyl (C=O) groups is 1. The standard InChI is InChI=1S/C16H21F3N2O/c17-16(18,19)14(13-6-2-1-3-7-13)9-15(22)21-11-12-5-4-8-20-10-12/h1-3,6-7,12,14,20H,4-5,8-11H2,(H,21,22). The molecule has 2 rings (SSSR count). The molecule has 1 aliphatic heterocycles. The molecule has 2 N–H and O–H groups in total. The lowest BCUT2D eigenvalue weighted by Crippen LogP contribution is -2.39. The van der Waals surface area contributed by atoms with Crippen LogP contribution in [0.5, 0.6) is 0 Å². The summed E-state index contributed by atoms with van der Waals surface area (Å²) in [5, 5.41) is 5.86. The minimum absolute atomic E-state index is 0.129. The van der Waals surface area contributed by atoms with Crippen molar-refractivity contribution in [2.24, 2.45) is 5.92 Å². The van der Waals surface area contributed by atoms with Gasteiger partial charge in [0.15, 0.2) is 0 Å². The summed E-state index contributed by atoms with van der Waals surface area (Å²) >= 11 is 0. The van der Waals surface area contributed by atoms with E-state index in [1.165, 1.54) is 12.1 Å². The van der Waals surface area contributed by atoms with E-state index >= 15 is 0 Å². The van der Waals surface area contributed by atoms with Crippen molar-refractivity contribution in [3.05, 3.63) is 35.9 Å². The highest BCUT2D eigenvalue weighted by molar-refractivity contribution is 5.77. The molecule has 1 fully saturated rings. The van der Waals surface area contributed by atoms with Gasteiger partial charge in [0, 0.05) is 13.0 Å². The molecule has 1 aromatic rings. The second-order valence-corrected chi connectivity index (χ2v) is 5.73. The van der Waals surface area contributed by atoms with Crippen LogP contribution in [0.1, 0.15) is 30.7 Å². The average molecular weight is 314 g/mol. The Hall–Kier alpha value is -1.56. The van der Waals surface area contributed by atoms with Gasteiger partial charge in [-0.15, -0.1) is 0 Å². The number of amides is 1. The van der Waals surface area contributed by atoms with Gasteiger partial charge in [-0.3, -0.25) is 4.79 Å². The zero-order valence-electron chi connectivity index (χ0n) is 12.3. The molecule has 0 aromatic heterocycles. The Morgan fingerprint density at radius 1 is 1.32 bits per heavy atom. The van der Waals surface area contributed by atoms with Crippen LogP contribution in [0.15, 0.2) is 30.3 Å². The summed E-state index contributed by atoms with van der Waals surface area (Å²) in [6.45, 7) is 2.21. The van der Waals surface area contributed by atoms with Crippen molar-refractivity contribution in [3.63, 3.8) is 0 Å². The third kappa shape index (κ3) is 5.02. The summed E-state index contributed by atoms with van der Waals surface area (Å²) in [6.07, 6.45) is -2.96. The smallest absolute Gasteiger partial charge is 0.356 e. The Kier molecular flexibility index (Phi) is 5.83. The summed E-state index contributed by atoms with van der Waals surface area (Å²) in [6, 6.07) is 7.60. The highest BCUT2D eigenvalue weighted by Crippen LogP contribution is 2.37. The van der Waals surface area contributed by atoms with Crippen molar-refractivity contribution < 1.29 is 18.0 Å². The van der Waals surface area contributed by atoms with Crippen molar-refractivity contribution in [1.82, 2.24) is 10.6 Å². The molecule has 1 aromatic carbocycles. The Labute approximate surface area is 128 Å². The molecule has 1 amide bonds. The fraction of sp³-hybridized carbons (Fsp3) is 0.562. The van der Waals surface area contributed by atoms with Crippen LogP contribution in [-0.2, 0) is 4.79 Å². The van der Waals surface area contributed by atoms with Crippen LogP contribution in [0.4, 0.5) is 13.2 Å². The number of alkyl halides is 3. The number of benzene rings is 1. The van der Waals surface area contributed by atoms with E-state index in [1.54, 1.807) is 18.2 Å². The van der Waals surface area contributed by atoms with E-state index in [9.17, 15) is 18.0 Å². The van der Waals surface area contributed by atoms with E-state index < -0.39 is 24.4 Å². The fourth-order valence-corrected chi connectivity index (χ4v) is 2.72. The van der Waals surface area contributed by atoms with Crippen molar-refractivity contribution >= 4 is 5.91 Å². The Bertz CT molecular complexity index is 470. The second-order valence-electron chi connectivity index (χ2n) is 5.73. The van der Waals surface area contributed by atoms with Crippen LogP contribution in [0.25, 0.3) is 0 Å². The fourth-order valence-electron chi connectivity index (χ4n) is 2.72. The van der Waals surface area contributed by atoms with Crippen LogP contribution in [0.3, 0.4) is 0 Å².